The summed E-state index contributed by atoms with van der Waals surface area (Å²) in [6.45, 7) is 5.83. The Kier molecular flexibility index (Phi) is 5.08. The third kappa shape index (κ3) is 3.87. The second-order valence-electron chi connectivity index (χ2n) is 6.34. The van der Waals surface area contributed by atoms with Gasteiger partial charge in [-0.15, -0.1) is 6.58 Å². The minimum atomic E-state index is -0.557. The molecular formula is C20H16N4O3S2. The van der Waals surface area contributed by atoms with Crippen molar-refractivity contribution in [3.63, 3.8) is 0 Å². The van der Waals surface area contributed by atoms with Crippen LogP contribution in [-0.2, 0) is 9.59 Å². The molecule has 0 spiro atoms. The molecule has 4 rings (SSSR count). The van der Waals surface area contributed by atoms with Crippen LogP contribution in [0, 0.1) is 6.92 Å². The van der Waals surface area contributed by atoms with E-state index in [0.717, 1.165) is 16.6 Å². The Hall–Kier alpha value is -3.17. The van der Waals surface area contributed by atoms with Crippen molar-refractivity contribution < 1.29 is 14.0 Å². The lowest BCUT2D eigenvalue weighted by atomic mass is 10.1. The number of aromatic amines is 1. The normalized spacial score (nSPS) is 16.0. The molecule has 0 unspecified atom stereocenters. The van der Waals surface area contributed by atoms with E-state index < -0.39 is 11.8 Å². The number of furan rings is 1. The molecule has 1 aliphatic heterocycles. The van der Waals surface area contributed by atoms with Crippen LogP contribution in [-0.4, -0.2) is 38.3 Å². The van der Waals surface area contributed by atoms with Gasteiger partial charge in [-0.1, -0.05) is 12.1 Å². The number of aromatic nitrogens is 2. The van der Waals surface area contributed by atoms with E-state index in [-0.39, 0.29) is 17.2 Å². The lowest BCUT2D eigenvalue weighted by Gasteiger charge is -2.27. The largest absolute Gasteiger partial charge is 0.450 e. The molecule has 2 amide bonds. The van der Waals surface area contributed by atoms with Gasteiger partial charge in [0.15, 0.2) is 15.4 Å². The first kappa shape index (κ1) is 19.2. The summed E-state index contributed by atoms with van der Waals surface area (Å²) in [6.07, 6.45) is 2.94. The van der Waals surface area contributed by atoms with E-state index in [9.17, 15) is 9.59 Å². The van der Waals surface area contributed by atoms with Crippen molar-refractivity contribution in [2.45, 2.75) is 17.2 Å². The van der Waals surface area contributed by atoms with Crippen molar-refractivity contribution in [3.05, 3.63) is 59.9 Å². The number of rotatable bonds is 5. The van der Waals surface area contributed by atoms with Crippen molar-refractivity contribution in [1.82, 2.24) is 20.2 Å². The molecule has 2 aromatic heterocycles. The smallest absolute Gasteiger partial charge is 0.266 e. The van der Waals surface area contributed by atoms with Gasteiger partial charge in [0.1, 0.15) is 11.3 Å². The van der Waals surface area contributed by atoms with E-state index in [1.807, 2.05) is 25.1 Å². The van der Waals surface area contributed by atoms with Gasteiger partial charge < -0.3 is 9.40 Å². The van der Waals surface area contributed by atoms with E-state index >= 15 is 0 Å². The molecule has 2 N–H and O–H groups in total. The number of aryl methyl sites for hydroxylation is 1. The maximum atomic E-state index is 12.6. The fourth-order valence-electron chi connectivity index (χ4n) is 2.84. The van der Waals surface area contributed by atoms with Gasteiger partial charge in [-0.3, -0.25) is 19.8 Å². The van der Waals surface area contributed by atoms with Gasteiger partial charge in [0.2, 0.25) is 0 Å². The fourth-order valence-corrected chi connectivity index (χ4v) is 3.86. The van der Waals surface area contributed by atoms with E-state index in [0.29, 0.717) is 16.0 Å². The van der Waals surface area contributed by atoms with Crippen LogP contribution >= 0.6 is 24.0 Å². The van der Waals surface area contributed by atoms with Crippen LogP contribution in [0.25, 0.3) is 17.1 Å². The van der Waals surface area contributed by atoms with Gasteiger partial charge >= 0.3 is 0 Å². The molecule has 7 nitrogen and oxygen atoms in total. The Labute approximate surface area is 175 Å². The van der Waals surface area contributed by atoms with Gasteiger partial charge in [-0.25, -0.2) is 4.98 Å². The third-order valence-corrected chi connectivity index (χ3v) is 5.33. The van der Waals surface area contributed by atoms with Crippen LogP contribution < -0.4 is 5.32 Å². The Bertz CT molecular complexity index is 1190. The highest BCUT2D eigenvalue weighted by atomic mass is 32.2. The highest BCUT2D eigenvalue weighted by molar-refractivity contribution is 7.99. The number of nitrogens with one attached hydrogen (secondary N) is 2. The molecule has 29 heavy (non-hydrogen) atoms. The Morgan fingerprint density at radius 3 is 2.93 bits per heavy atom. The SMILES string of the molecule is C=CCN1C(=O)/C(=C/c2ccc(Sc3nc4ccc(C)cc4[nH]3)o2)C(=O)NC1=S. The zero-order valence-corrected chi connectivity index (χ0v) is 17.0. The number of nitrogens with zero attached hydrogens (tertiary/aromatic N) is 2. The van der Waals surface area contributed by atoms with Crippen LogP contribution in [0.1, 0.15) is 11.3 Å². The number of thiocarbonyl (C=S) groups is 1. The summed E-state index contributed by atoms with van der Waals surface area (Å²) in [5, 5.41) is 3.83. The molecule has 1 aromatic carbocycles. The molecule has 0 radical (unpaired) electrons. The van der Waals surface area contributed by atoms with Crippen LogP contribution in [0.2, 0.25) is 0 Å². The number of fused-ring (bicyclic) bond motifs is 1. The fraction of sp³-hybridized carbons (Fsp3) is 0.100. The lowest BCUT2D eigenvalue weighted by molar-refractivity contribution is -0.128. The van der Waals surface area contributed by atoms with Crippen molar-refractivity contribution >= 4 is 58.0 Å². The molecule has 0 atom stereocenters. The van der Waals surface area contributed by atoms with Crippen molar-refractivity contribution in [3.8, 4) is 0 Å². The van der Waals surface area contributed by atoms with Crippen molar-refractivity contribution in [2.75, 3.05) is 6.54 Å². The van der Waals surface area contributed by atoms with E-state index in [2.05, 4.69) is 21.9 Å². The van der Waals surface area contributed by atoms with Gasteiger partial charge in [0, 0.05) is 6.54 Å². The summed E-state index contributed by atoms with van der Waals surface area (Å²) in [5.74, 6) is -0.667. The van der Waals surface area contributed by atoms with Gasteiger partial charge in [0.05, 0.1) is 11.0 Å². The zero-order valence-electron chi connectivity index (χ0n) is 15.4. The number of imidazole rings is 1. The Morgan fingerprint density at radius 2 is 2.14 bits per heavy atom. The number of amides is 2. The molecule has 9 heteroatoms. The summed E-state index contributed by atoms with van der Waals surface area (Å²) in [5.41, 5.74) is 2.91. The third-order valence-electron chi connectivity index (χ3n) is 4.20. The molecule has 1 aliphatic rings. The van der Waals surface area contributed by atoms with E-state index in [1.165, 1.54) is 28.8 Å². The molecule has 146 valence electrons. The molecule has 0 aliphatic carbocycles. The highest BCUT2D eigenvalue weighted by Gasteiger charge is 2.32. The minimum absolute atomic E-state index is 0.0504. The summed E-state index contributed by atoms with van der Waals surface area (Å²) < 4.78 is 5.75. The highest BCUT2D eigenvalue weighted by Crippen LogP contribution is 2.30. The summed E-state index contributed by atoms with van der Waals surface area (Å²) in [6, 6.07) is 9.43. The maximum Gasteiger partial charge on any atom is 0.266 e. The van der Waals surface area contributed by atoms with Crippen LogP contribution in [0.3, 0.4) is 0 Å². The van der Waals surface area contributed by atoms with Gasteiger partial charge in [0.25, 0.3) is 11.8 Å². The first-order valence-corrected chi connectivity index (χ1v) is 9.91. The molecule has 1 saturated heterocycles. The molecule has 1 fully saturated rings. The van der Waals surface area contributed by atoms with Crippen molar-refractivity contribution in [1.29, 1.82) is 0 Å². The topological polar surface area (TPSA) is 91.2 Å². The maximum absolute atomic E-state index is 12.6. The predicted molar refractivity (Wildman–Crippen MR) is 114 cm³/mol. The second-order valence-corrected chi connectivity index (χ2v) is 7.72. The number of benzene rings is 1. The Morgan fingerprint density at radius 1 is 1.31 bits per heavy atom. The zero-order chi connectivity index (χ0) is 20.5. The van der Waals surface area contributed by atoms with E-state index in [4.69, 9.17) is 16.6 Å². The standard InChI is InChI=1S/C20H16N4O3S2/c1-3-8-24-18(26)13(17(25)23-20(24)28)10-12-5-7-16(27-12)29-19-21-14-6-4-11(2)9-15(14)22-19/h3-7,9-10H,1,8H2,2H3,(H,21,22)(H,23,25,28)/b13-10+. The predicted octanol–water partition coefficient (Wildman–Crippen LogP) is 3.43. The molecule has 3 heterocycles. The number of hydrogen-bond donors (Lipinski definition) is 2. The van der Waals surface area contributed by atoms with Gasteiger partial charge in [-0.2, -0.15) is 0 Å². The van der Waals surface area contributed by atoms with Gasteiger partial charge in [-0.05, 0) is 66.8 Å². The Balaban J connectivity index is 1.56. The molecule has 3 aromatic rings. The molecule has 0 bridgehead atoms. The van der Waals surface area contributed by atoms with Crippen LogP contribution in [0.15, 0.2) is 63.2 Å². The number of carbonyl (C=O) groups is 2. The average Bonchev–Trinajstić information content (AvgIpc) is 3.28. The first-order chi connectivity index (χ1) is 13.9. The summed E-state index contributed by atoms with van der Waals surface area (Å²) in [4.78, 5) is 33.8. The molecule has 0 saturated carbocycles. The second kappa shape index (κ2) is 7.69. The first-order valence-electron chi connectivity index (χ1n) is 8.68. The lowest BCUT2D eigenvalue weighted by Crippen LogP contribution is -2.53. The van der Waals surface area contributed by atoms with Crippen LogP contribution in [0.4, 0.5) is 0 Å². The summed E-state index contributed by atoms with van der Waals surface area (Å²) >= 11 is 6.36. The quantitative estimate of drug-likeness (QED) is 0.282. The minimum Gasteiger partial charge on any atom is -0.450 e. The van der Waals surface area contributed by atoms with Crippen LogP contribution in [0.5, 0.6) is 0 Å². The number of hydrogen-bond acceptors (Lipinski definition) is 6. The van der Waals surface area contributed by atoms with E-state index in [1.54, 1.807) is 12.1 Å². The summed E-state index contributed by atoms with van der Waals surface area (Å²) in [7, 11) is 0. The number of H-pyrrole nitrogens is 1. The van der Waals surface area contributed by atoms with Crippen molar-refractivity contribution in [2.24, 2.45) is 0 Å². The number of carbonyl (C=O) groups excluding carboxylic acids is 2. The molecular weight excluding hydrogens is 408 g/mol. The monoisotopic (exact) mass is 424 g/mol. The average molecular weight is 425 g/mol.